The van der Waals surface area contributed by atoms with E-state index >= 15 is 4.57 Å². The van der Waals surface area contributed by atoms with Crippen molar-refractivity contribution in [2.45, 2.75) is 12.6 Å². The van der Waals surface area contributed by atoms with E-state index in [1.807, 2.05) is 61.5 Å². The van der Waals surface area contributed by atoms with Gasteiger partial charge in [-0.1, -0.05) is 78.4 Å². The monoisotopic (exact) mass is 681 g/mol. The molecule has 0 radical (unpaired) electrons. The summed E-state index contributed by atoms with van der Waals surface area (Å²) in [5.41, 5.74) is 3.56. The molecule has 0 bridgehead atoms. The van der Waals surface area contributed by atoms with Gasteiger partial charge in [0.2, 0.25) is 0 Å². The van der Waals surface area contributed by atoms with Crippen LogP contribution in [0.2, 0.25) is 0 Å². The molecule has 9 nitrogen and oxygen atoms in total. The maximum atomic E-state index is 15.5. The molecule has 0 aromatic heterocycles. The van der Waals surface area contributed by atoms with Crippen molar-refractivity contribution >= 4 is 30.3 Å². The van der Waals surface area contributed by atoms with Crippen LogP contribution in [-0.2, 0) is 4.57 Å². The van der Waals surface area contributed by atoms with E-state index in [4.69, 9.17) is 14.0 Å². The first-order valence-electron chi connectivity index (χ1n) is 15.6. The molecule has 6 aromatic rings. The highest BCUT2D eigenvalue weighted by Gasteiger charge is 2.44. The van der Waals surface area contributed by atoms with E-state index in [0.717, 1.165) is 16.7 Å². The molecule has 2 atom stereocenters. The molecular formula is C40H28NO8P. The lowest BCUT2D eigenvalue weighted by molar-refractivity contribution is -0.384. The average molecular weight is 682 g/mol. The third kappa shape index (κ3) is 6.30. The van der Waals surface area contributed by atoms with Gasteiger partial charge in [0.1, 0.15) is 22.9 Å². The number of nitro benzene ring substituents is 1. The molecule has 1 aliphatic rings. The van der Waals surface area contributed by atoms with Crippen LogP contribution in [0.5, 0.6) is 17.2 Å². The van der Waals surface area contributed by atoms with Crippen LogP contribution in [0.3, 0.4) is 0 Å². The number of hydrogen-bond donors (Lipinski definition) is 0. The Morgan fingerprint density at radius 3 is 1.66 bits per heavy atom. The van der Waals surface area contributed by atoms with E-state index in [-0.39, 0.29) is 17.0 Å². The Morgan fingerprint density at radius 1 is 0.640 bits per heavy atom. The Labute approximate surface area is 287 Å². The molecule has 50 heavy (non-hydrogen) atoms. The smallest absolute Gasteiger partial charge is 0.343 e. The molecule has 0 spiro atoms. The maximum Gasteiger partial charge on any atom is 0.343 e. The summed E-state index contributed by atoms with van der Waals surface area (Å²) < 4.78 is 33.2. The summed E-state index contributed by atoms with van der Waals surface area (Å²) in [5.74, 6) is -0.143. The largest absolute Gasteiger partial charge is 0.439 e. The summed E-state index contributed by atoms with van der Waals surface area (Å²) in [6.45, 7) is 1.94. The molecular weight excluding hydrogens is 653 g/mol. The molecule has 6 aromatic carbocycles. The number of esters is 2. The van der Waals surface area contributed by atoms with E-state index in [0.29, 0.717) is 33.5 Å². The first kappa shape index (κ1) is 32.2. The molecule has 7 rings (SSSR count). The van der Waals surface area contributed by atoms with Gasteiger partial charge in [-0.25, -0.2) is 9.59 Å². The summed E-state index contributed by atoms with van der Waals surface area (Å²) in [6.07, 6.45) is 0. The van der Waals surface area contributed by atoms with Gasteiger partial charge in [-0.2, -0.15) is 0 Å². The van der Waals surface area contributed by atoms with Crippen molar-refractivity contribution in [2.75, 3.05) is 0 Å². The predicted molar refractivity (Wildman–Crippen MR) is 189 cm³/mol. The zero-order valence-electron chi connectivity index (χ0n) is 26.6. The van der Waals surface area contributed by atoms with E-state index < -0.39 is 29.9 Å². The van der Waals surface area contributed by atoms with Crippen LogP contribution >= 0.6 is 7.37 Å². The predicted octanol–water partition coefficient (Wildman–Crippen LogP) is 9.09. The third-order valence-electron chi connectivity index (χ3n) is 8.40. The minimum atomic E-state index is -3.76. The van der Waals surface area contributed by atoms with Crippen LogP contribution in [0.25, 0.3) is 11.1 Å². The lowest BCUT2D eigenvalue weighted by Gasteiger charge is -2.34. The number of hydrogen-bond acceptors (Lipinski definition) is 8. The second kappa shape index (κ2) is 13.3. The van der Waals surface area contributed by atoms with Crippen molar-refractivity contribution in [3.63, 3.8) is 0 Å². The van der Waals surface area contributed by atoms with Gasteiger partial charge >= 0.3 is 11.9 Å². The molecule has 0 N–H and O–H groups in total. The van der Waals surface area contributed by atoms with Crippen LogP contribution in [0.4, 0.5) is 5.69 Å². The molecule has 10 heteroatoms. The number of aryl methyl sites for hydroxylation is 1. The SMILES string of the molecule is Cc1ccc(C(=O)Oc2ccc(C(c3ccc(OC(=O)c4ccc([N+](=O)[O-])cc4)cc3)P3(=O)Oc4ccccc4-c4ccccc43)cc2)cc1. The van der Waals surface area contributed by atoms with Gasteiger partial charge in [0.15, 0.2) is 0 Å². The van der Waals surface area contributed by atoms with E-state index in [9.17, 15) is 19.7 Å². The number of nitro groups is 1. The van der Waals surface area contributed by atoms with Crippen molar-refractivity contribution in [1.82, 2.24) is 0 Å². The van der Waals surface area contributed by atoms with Gasteiger partial charge in [0.05, 0.1) is 21.4 Å². The lowest BCUT2D eigenvalue weighted by atomic mass is 10.0. The van der Waals surface area contributed by atoms with Crippen LogP contribution in [0.15, 0.2) is 146 Å². The van der Waals surface area contributed by atoms with Crippen molar-refractivity contribution in [2.24, 2.45) is 0 Å². The van der Waals surface area contributed by atoms with Crippen molar-refractivity contribution in [3.05, 3.63) is 184 Å². The zero-order valence-corrected chi connectivity index (χ0v) is 27.5. The summed E-state index contributed by atoms with van der Waals surface area (Å²) in [4.78, 5) is 36.1. The van der Waals surface area contributed by atoms with Crippen LogP contribution in [0.1, 0.15) is 43.1 Å². The number of benzene rings is 6. The molecule has 0 saturated carbocycles. The second-order valence-electron chi connectivity index (χ2n) is 11.7. The fourth-order valence-electron chi connectivity index (χ4n) is 5.89. The highest BCUT2D eigenvalue weighted by atomic mass is 31.2. The number of fused-ring (bicyclic) bond motifs is 3. The van der Waals surface area contributed by atoms with Crippen molar-refractivity contribution in [1.29, 1.82) is 0 Å². The molecule has 2 unspecified atom stereocenters. The second-order valence-corrected chi connectivity index (χ2v) is 14.1. The van der Waals surface area contributed by atoms with E-state index in [2.05, 4.69) is 0 Å². The highest BCUT2D eigenvalue weighted by molar-refractivity contribution is 7.68. The highest BCUT2D eigenvalue weighted by Crippen LogP contribution is 2.65. The summed E-state index contributed by atoms with van der Waals surface area (Å²) >= 11 is 0. The van der Waals surface area contributed by atoms with Gasteiger partial charge < -0.3 is 14.0 Å². The van der Waals surface area contributed by atoms with Gasteiger partial charge in [-0.05, 0) is 84.3 Å². The van der Waals surface area contributed by atoms with Crippen LogP contribution in [0, 0.1) is 17.0 Å². The topological polar surface area (TPSA) is 122 Å². The van der Waals surface area contributed by atoms with E-state index in [1.54, 1.807) is 66.7 Å². The van der Waals surface area contributed by atoms with Gasteiger partial charge in [-0.15, -0.1) is 0 Å². The first-order chi connectivity index (χ1) is 24.2. The number of rotatable bonds is 8. The van der Waals surface area contributed by atoms with Crippen molar-refractivity contribution in [3.8, 4) is 28.4 Å². The Bertz CT molecular complexity index is 2280. The van der Waals surface area contributed by atoms with Gasteiger partial charge in [0, 0.05) is 17.7 Å². The standard InChI is InChI=1S/C40H28NO8P/c1-26-10-12-29(13-11-26)39(42)47-32-22-16-27(17-23-32)38(50(46)37-9-5-3-7-35(37)34-6-2-4-8-36(34)49-50)28-18-24-33(25-19-28)48-40(43)30-14-20-31(21-15-30)41(44)45/h2-25,38H,1H3. The minimum absolute atomic E-state index is 0.140. The Kier molecular flexibility index (Phi) is 8.58. The van der Waals surface area contributed by atoms with Crippen LogP contribution < -0.4 is 19.3 Å². The summed E-state index contributed by atoms with van der Waals surface area (Å²) in [6, 6.07) is 40.6. The number of para-hydroxylation sites is 1. The third-order valence-corrected chi connectivity index (χ3v) is 11.2. The number of non-ortho nitro benzene ring substituents is 1. The molecule has 1 aliphatic heterocycles. The van der Waals surface area contributed by atoms with Crippen molar-refractivity contribution < 1.29 is 33.1 Å². The maximum absolute atomic E-state index is 15.5. The molecule has 0 saturated heterocycles. The molecule has 0 amide bonds. The first-order valence-corrected chi connectivity index (χ1v) is 17.3. The summed E-state index contributed by atoms with van der Waals surface area (Å²) in [7, 11) is -3.76. The number of nitrogens with zero attached hydrogens (tertiary/aromatic N) is 1. The molecule has 0 fully saturated rings. The summed E-state index contributed by atoms with van der Waals surface area (Å²) in [5, 5.41) is 11.6. The fraction of sp³-hybridized carbons (Fsp3) is 0.0500. The van der Waals surface area contributed by atoms with Crippen LogP contribution in [-0.4, -0.2) is 16.9 Å². The van der Waals surface area contributed by atoms with Gasteiger partial charge in [0.25, 0.3) is 13.1 Å². The molecule has 1 heterocycles. The number of carbonyl (C=O) groups excluding carboxylic acids is 2. The average Bonchev–Trinajstić information content (AvgIpc) is 3.13. The fourth-order valence-corrected chi connectivity index (χ4v) is 8.78. The minimum Gasteiger partial charge on any atom is -0.439 e. The Balaban J connectivity index is 1.24. The molecule has 246 valence electrons. The number of ether oxygens (including phenoxy) is 2. The zero-order chi connectivity index (χ0) is 34.8. The van der Waals surface area contributed by atoms with E-state index in [1.165, 1.54) is 24.3 Å². The normalized spacial score (nSPS) is 15.1. The molecule has 0 aliphatic carbocycles. The Morgan fingerprint density at radius 2 is 1.12 bits per heavy atom. The lowest BCUT2D eigenvalue weighted by Crippen LogP contribution is -2.22. The Hall–Kier alpha value is -6.31. The number of carbonyl (C=O) groups is 2. The van der Waals surface area contributed by atoms with Gasteiger partial charge in [-0.3, -0.25) is 14.7 Å². The quantitative estimate of drug-likeness (QED) is 0.0513.